The second-order valence-electron chi connectivity index (χ2n) is 4.54. The van der Waals surface area contributed by atoms with Crippen LogP contribution in [-0.4, -0.2) is 28.8 Å². The van der Waals surface area contributed by atoms with Gasteiger partial charge in [-0.3, -0.25) is 4.90 Å². The molecule has 2 rings (SSSR count). The highest BCUT2D eigenvalue weighted by Crippen LogP contribution is 2.24. The number of halogens is 1. The average Bonchev–Trinajstić information content (AvgIpc) is 2.86. The molecule has 0 fully saturated rings. The van der Waals surface area contributed by atoms with Crippen molar-refractivity contribution in [1.82, 2.24) is 15.1 Å². The Labute approximate surface area is 122 Å². The fourth-order valence-corrected chi connectivity index (χ4v) is 2.64. The Morgan fingerprint density at radius 1 is 1.30 bits per heavy atom. The first-order chi connectivity index (χ1) is 9.60. The second kappa shape index (κ2) is 6.76. The van der Waals surface area contributed by atoms with Gasteiger partial charge in [-0.05, 0) is 38.6 Å². The summed E-state index contributed by atoms with van der Waals surface area (Å²) in [6, 6.07) is 6.76. The summed E-state index contributed by atoms with van der Waals surface area (Å²) in [5.74, 6) is -0.214. The Balaban J connectivity index is 1.99. The van der Waals surface area contributed by atoms with Crippen molar-refractivity contribution in [3.05, 3.63) is 40.7 Å². The minimum absolute atomic E-state index is 0.176. The fourth-order valence-electron chi connectivity index (χ4n) is 1.83. The number of aromatic nitrogens is 2. The van der Waals surface area contributed by atoms with Crippen LogP contribution in [0.1, 0.15) is 30.5 Å². The Morgan fingerprint density at radius 3 is 2.65 bits per heavy atom. The third-order valence-electron chi connectivity index (χ3n) is 3.11. The van der Waals surface area contributed by atoms with Gasteiger partial charge in [0.15, 0.2) is 0 Å². The third-order valence-corrected chi connectivity index (χ3v) is 3.93. The van der Waals surface area contributed by atoms with Crippen LogP contribution in [0.15, 0.2) is 24.3 Å². The molecule has 0 aliphatic carbocycles. The molecule has 0 saturated heterocycles. The molecule has 2 aromatic rings. The minimum atomic E-state index is -0.214. The third kappa shape index (κ3) is 3.74. The Kier molecular flexibility index (Phi) is 5.03. The van der Waals surface area contributed by atoms with E-state index in [4.69, 9.17) is 4.74 Å². The van der Waals surface area contributed by atoms with Gasteiger partial charge in [0.25, 0.3) is 5.19 Å². The summed E-state index contributed by atoms with van der Waals surface area (Å²) in [7, 11) is 2.01. The summed E-state index contributed by atoms with van der Waals surface area (Å²) in [6.07, 6.45) is 0. The van der Waals surface area contributed by atoms with E-state index in [1.54, 1.807) is 0 Å². The van der Waals surface area contributed by atoms with E-state index >= 15 is 0 Å². The molecule has 0 N–H and O–H groups in total. The van der Waals surface area contributed by atoms with Gasteiger partial charge >= 0.3 is 0 Å². The zero-order chi connectivity index (χ0) is 14.5. The van der Waals surface area contributed by atoms with E-state index in [0.717, 1.165) is 10.6 Å². The molecular weight excluding hydrogens is 277 g/mol. The van der Waals surface area contributed by atoms with Crippen LogP contribution in [0.5, 0.6) is 5.19 Å². The normalized spacial score (nSPS) is 12.7. The number of hydrogen-bond donors (Lipinski definition) is 0. The molecule has 1 heterocycles. The van der Waals surface area contributed by atoms with Crippen LogP contribution >= 0.6 is 11.3 Å². The van der Waals surface area contributed by atoms with Crippen LogP contribution in [0.2, 0.25) is 0 Å². The van der Waals surface area contributed by atoms with E-state index in [-0.39, 0.29) is 11.9 Å². The first-order valence-electron chi connectivity index (χ1n) is 6.51. The molecule has 1 unspecified atom stereocenters. The van der Waals surface area contributed by atoms with Crippen LogP contribution in [0.25, 0.3) is 0 Å². The van der Waals surface area contributed by atoms with E-state index in [9.17, 15) is 4.39 Å². The molecule has 0 saturated carbocycles. The summed E-state index contributed by atoms with van der Waals surface area (Å²) in [4.78, 5) is 2.14. The number of ether oxygens (including phenoxy) is 1. The van der Waals surface area contributed by atoms with Crippen LogP contribution in [-0.2, 0) is 6.54 Å². The van der Waals surface area contributed by atoms with E-state index in [2.05, 4.69) is 22.0 Å². The van der Waals surface area contributed by atoms with Gasteiger partial charge < -0.3 is 4.74 Å². The number of rotatable bonds is 6. The Morgan fingerprint density at radius 2 is 2.00 bits per heavy atom. The van der Waals surface area contributed by atoms with E-state index in [1.807, 2.05) is 26.1 Å². The Hall–Kier alpha value is -1.53. The van der Waals surface area contributed by atoms with E-state index in [0.29, 0.717) is 18.3 Å². The van der Waals surface area contributed by atoms with Crippen molar-refractivity contribution >= 4 is 11.3 Å². The van der Waals surface area contributed by atoms with Crippen molar-refractivity contribution in [3.63, 3.8) is 0 Å². The molecule has 0 aliphatic heterocycles. The molecule has 1 aromatic heterocycles. The van der Waals surface area contributed by atoms with Crippen molar-refractivity contribution < 1.29 is 9.13 Å². The Bertz CT molecular complexity index is 544. The molecule has 108 valence electrons. The summed E-state index contributed by atoms with van der Waals surface area (Å²) in [5.41, 5.74) is 1.07. The molecular formula is C14H18FN3OS. The monoisotopic (exact) mass is 295 g/mol. The predicted octanol–water partition coefficient (Wildman–Crippen LogP) is 3.27. The van der Waals surface area contributed by atoms with Crippen molar-refractivity contribution in [2.45, 2.75) is 26.4 Å². The number of hydrogen-bond acceptors (Lipinski definition) is 5. The largest absolute Gasteiger partial charge is 0.469 e. The van der Waals surface area contributed by atoms with Crippen LogP contribution in [0, 0.1) is 5.82 Å². The van der Waals surface area contributed by atoms with Crippen molar-refractivity contribution in [2.75, 3.05) is 13.7 Å². The maximum Gasteiger partial charge on any atom is 0.294 e. The molecule has 4 nitrogen and oxygen atoms in total. The van der Waals surface area contributed by atoms with Gasteiger partial charge in [-0.15, -0.1) is 10.2 Å². The SMILES string of the molecule is CCOc1nnc(CN(C)C(C)c2ccc(F)cc2)s1. The van der Waals surface area contributed by atoms with Gasteiger partial charge in [-0.2, -0.15) is 0 Å². The van der Waals surface area contributed by atoms with Crippen molar-refractivity contribution in [3.8, 4) is 5.19 Å². The molecule has 0 spiro atoms. The zero-order valence-corrected chi connectivity index (χ0v) is 12.7. The van der Waals surface area contributed by atoms with Gasteiger partial charge in [-0.1, -0.05) is 23.5 Å². The summed E-state index contributed by atoms with van der Waals surface area (Å²) in [6.45, 7) is 5.28. The van der Waals surface area contributed by atoms with E-state index < -0.39 is 0 Å². The molecule has 0 aliphatic rings. The van der Waals surface area contributed by atoms with Gasteiger partial charge in [-0.25, -0.2) is 4.39 Å². The van der Waals surface area contributed by atoms with Gasteiger partial charge in [0.2, 0.25) is 0 Å². The first kappa shape index (κ1) is 14.9. The quantitative estimate of drug-likeness (QED) is 0.820. The lowest BCUT2D eigenvalue weighted by Gasteiger charge is -2.23. The smallest absolute Gasteiger partial charge is 0.294 e. The highest BCUT2D eigenvalue weighted by atomic mass is 32.1. The molecule has 0 bridgehead atoms. The van der Waals surface area contributed by atoms with Gasteiger partial charge in [0.05, 0.1) is 13.2 Å². The summed E-state index contributed by atoms with van der Waals surface area (Å²) in [5, 5.41) is 9.59. The molecule has 1 atom stereocenters. The van der Waals surface area contributed by atoms with Crippen LogP contribution in [0.4, 0.5) is 4.39 Å². The fraction of sp³-hybridized carbons (Fsp3) is 0.429. The predicted molar refractivity (Wildman–Crippen MR) is 77.4 cm³/mol. The molecule has 1 aromatic carbocycles. The van der Waals surface area contributed by atoms with Gasteiger partial charge in [0.1, 0.15) is 10.8 Å². The topological polar surface area (TPSA) is 38.3 Å². The average molecular weight is 295 g/mol. The number of nitrogens with zero attached hydrogens (tertiary/aromatic N) is 3. The lowest BCUT2D eigenvalue weighted by molar-refractivity contribution is 0.252. The van der Waals surface area contributed by atoms with Crippen LogP contribution < -0.4 is 4.74 Å². The molecule has 0 radical (unpaired) electrons. The number of benzene rings is 1. The molecule has 20 heavy (non-hydrogen) atoms. The maximum atomic E-state index is 12.9. The minimum Gasteiger partial charge on any atom is -0.469 e. The highest BCUT2D eigenvalue weighted by Gasteiger charge is 2.14. The standard InChI is InChI=1S/C14H18FN3OS/c1-4-19-14-17-16-13(20-14)9-18(3)10(2)11-5-7-12(15)8-6-11/h5-8,10H,4,9H2,1-3H3. The lowest BCUT2D eigenvalue weighted by Crippen LogP contribution is -2.21. The molecule has 0 amide bonds. The summed E-state index contributed by atoms with van der Waals surface area (Å²) >= 11 is 1.45. The van der Waals surface area contributed by atoms with Crippen molar-refractivity contribution in [2.24, 2.45) is 0 Å². The van der Waals surface area contributed by atoms with Gasteiger partial charge in [0, 0.05) is 6.04 Å². The second-order valence-corrected chi connectivity index (χ2v) is 5.56. The maximum absolute atomic E-state index is 12.9. The highest BCUT2D eigenvalue weighted by molar-refractivity contribution is 7.13. The molecule has 6 heteroatoms. The van der Waals surface area contributed by atoms with E-state index in [1.165, 1.54) is 23.5 Å². The summed E-state index contributed by atoms with van der Waals surface area (Å²) < 4.78 is 18.2. The first-order valence-corrected chi connectivity index (χ1v) is 7.32. The zero-order valence-electron chi connectivity index (χ0n) is 11.8. The lowest BCUT2D eigenvalue weighted by atomic mass is 10.1. The van der Waals surface area contributed by atoms with Crippen molar-refractivity contribution in [1.29, 1.82) is 0 Å². The van der Waals surface area contributed by atoms with Crippen LogP contribution in [0.3, 0.4) is 0 Å².